The largest absolute Gasteiger partial charge is 0.354 e. The summed E-state index contributed by atoms with van der Waals surface area (Å²) in [6.45, 7) is 9.50. The second-order valence-electron chi connectivity index (χ2n) is 6.84. The van der Waals surface area contributed by atoms with E-state index in [9.17, 15) is 0 Å². The third-order valence-electron chi connectivity index (χ3n) is 4.78. The third-order valence-corrected chi connectivity index (χ3v) is 5.74. The molecule has 0 aliphatic heterocycles. The lowest BCUT2D eigenvalue weighted by Crippen LogP contribution is -2.32. The molecule has 0 saturated heterocycles. The molecule has 3 aromatic rings. The van der Waals surface area contributed by atoms with Gasteiger partial charge in [0.05, 0.1) is 45.4 Å². The monoisotopic (exact) mass is 450 g/mol. The average Bonchev–Trinajstić information content (AvgIpc) is 3.25. The number of thiocarbonyl (C=S) groups is 1. The molecule has 1 unspecified atom stereocenters. The number of hydrogen-bond acceptors (Lipinski definition) is 3. The predicted molar refractivity (Wildman–Crippen MR) is 123 cm³/mol. The SMILES string of the molecule is CCn1nccc1C(C)NC(=S)Nc1c(C)nn(Cc2ccc(Cl)c(Cl)c2)c1C. The van der Waals surface area contributed by atoms with Crippen LogP contribution in [0.3, 0.4) is 0 Å². The molecule has 0 bridgehead atoms. The summed E-state index contributed by atoms with van der Waals surface area (Å²) >= 11 is 17.7. The van der Waals surface area contributed by atoms with Crippen molar-refractivity contribution in [2.45, 2.75) is 46.8 Å². The molecule has 0 radical (unpaired) electrons. The fraction of sp³-hybridized carbons (Fsp3) is 0.350. The number of rotatable bonds is 6. The van der Waals surface area contributed by atoms with Crippen molar-refractivity contribution in [1.29, 1.82) is 0 Å². The van der Waals surface area contributed by atoms with Gasteiger partial charge in [-0.15, -0.1) is 0 Å². The van der Waals surface area contributed by atoms with Crippen molar-refractivity contribution >= 4 is 46.2 Å². The lowest BCUT2D eigenvalue weighted by molar-refractivity contribution is 0.568. The van der Waals surface area contributed by atoms with E-state index in [1.807, 2.05) is 41.4 Å². The van der Waals surface area contributed by atoms with E-state index in [0.29, 0.717) is 21.7 Å². The van der Waals surface area contributed by atoms with E-state index in [1.54, 1.807) is 12.3 Å². The zero-order chi connectivity index (χ0) is 21.1. The van der Waals surface area contributed by atoms with E-state index in [4.69, 9.17) is 35.4 Å². The minimum Gasteiger partial charge on any atom is -0.354 e. The first-order chi connectivity index (χ1) is 13.8. The molecule has 1 aromatic carbocycles. The van der Waals surface area contributed by atoms with Gasteiger partial charge in [-0.2, -0.15) is 10.2 Å². The predicted octanol–water partition coefficient (Wildman–Crippen LogP) is 5.12. The molecular weight excluding hydrogens is 427 g/mol. The highest BCUT2D eigenvalue weighted by atomic mass is 35.5. The van der Waals surface area contributed by atoms with Crippen LogP contribution >= 0.6 is 35.4 Å². The summed E-state index contributed by atoms with van der Waals surface area (Å²) in [5.74, 6) is 0. The molecular formula is C20H24Cl2N6S. The summed E-state index contributed by atoms with van der Waals surface area (Å²) in [7, 11) is 0. The number of halogens is 2. The van der Waals surface area contributed by atoms with Crippen LogP contribution in [0.25, 0.3) is 0 Å². The van der Waals surface area contributed by atoms with Gasteiger partial charge in [-0.05, 0) is 63.7 Å². The number of aryl methyl sites for hydroxylation is 2. The van der Waals surface area contributed by atoms with Crippen LogP contribution in [-0.4, -0.2) is 24.7 Å². The Morgan fingerprint density at radius 1 is 1.17 bits per heavy atom. The summed E-state index contributed by atoms with van der Waals surface area (Å²) in [6.07, 6.45) is 1.80. The van der Waals surface area contributed by atoms with Crippen LogP contribution in [0, 0.1) is 13.8 Å². The highest BCUT2D eigenvalue weighted by molar-refractivity contribution is 7.80. The number of nitrogens with one attached hydrogen (secondary N) is 2. The number of benzene rings is 1. The van der Waals surface area contributed by atoms with Crippen molar-refractivity contribution in [2.24, 2.45) is 0 Å². The molecule has 0 aliphatic carbocycles. The molecule has 0 saturated carbocycles. The van der Waals surface area contributed by atoms with Gasteiger partial charge in [-0.25, -0.2) is 0 Å². The maximum atomic E-state index is 6.13. The Balaban J connectivity index is 1.71. The van der Waals surface area contributed by atoms with Crippen LogP contribution in [0.15, 0.2) is 30.5 Å². The van der Waals surface area contributed by atoms with Gasteiger partial charge in [0.25, 0.3) is 0 Å². The highest BCUT2D eigenvalue weighted by Crippen LogP contribution is 2.25. The van der Waals surface area contributed by atoms with Crippen LogP contribution in [-0.2, 0) is 13.1 Å². The fourth-order valence-electron chi connectivity index (χ4n) is 3.24. The Hall–Kier alpha value is -2.09. The van der Waals surface area contributed by atoms with Gasteiger partial charge in [-0.3, -0.25) is 9.36 Å². The van der Waals surface area contributed by atoms with Crippen molar-refractivity contribution in [2.75, 3.05) is 5.32 Å². The Morgan fingerprint density at radius 2 is 1.93 bits per heavy atom. The lowest BCUT2D eigenvalue weighted by atomic mass is 10.2. The van der Waals surface area contributed by atoms with Gasteiger partial charge < -0.3 is 10.6 Å². The standard InChI is InChI=1S/C20H24Cl2N6S/c1-5-27-18(8-9-23-27)12(2)24-20(29)25-19-13(3)26-28(14(19)4)11-15-6-7-16(21)17(22)10-15/h6-10,12H,5,11H2,1-4H3,(H2,24,25,29). The van der Waals surface area contributed by atoms with Crippen molar-refractivity contribution in [3.8, 4) is 0 Å². The molecule has 0 aliphatic rings. The van der Waals surface area contributed by atoms with Crippen LogP contribution in [0.4, 0.5) is 5.69 Å². The molecule has 3 rings (SSSR count). The topological polar surface area (TPSA) is 59.7 Å². The molecule has 2 aromatic heterocycles. The van der Waals surface area contributed by atoms with E-state index >= 15 is 0 Å². The Labute approximate surface area is 186 Å². The van der Waals surface area contributed by atoms with Crippen LogP contribution < -0.4 is 10.6 Å². The molecule has 0 spiro atoms. The van der Waals surface area contributed by atoms with Gasteiger partial charge in [0.1, 0.15) is 0 Å². The minimum absolute atomic E-state index is 0.0318. The summed E-state index contributed by atoms with van der Waals surface area (Å²) < 4.78 is 3.88. The van der Waals surface area contributed by atoms with Gasteiger partial charge in [0.2, 0.25) is 0 Å². The number of nitrogens with zero attached hydrogens (tertiary/aromatic N) is 4. The molecule has 9 heteroatoms. The van der Waals surface area contributed by atoms with E-state index in [-0.39, 0.29) is 6.04 Å². The van der Waals surface area contributed by atoms with E-state index in [1.165, 1.54) is 0 Å². The first-order valence-electron chi connectivity index (χ1n) is 9.37. The summed E-state index contributed by atoms with van der Waals surface area (Å²) in [5, 5.41) is 17.2. The summed E-state index contributed by atoms with van der Waals surface area (Å²) in [4.78, 5) is 0. The normalized spacial score (nSPS) is 12.1. The first-order valence-corrected chi connectivity index (χ1v) is 10.5. The van der Waals surface area contributed by atoms with E-state index < -0.39 is 0 Å². The van der Waals surface area contributed by atoms with Gasteiger partial charge in [0.15, 0.2) is 5.11 Å². The molecule has 29 heavy (non-hydrogen) atoms. The molecule has 2 heterocycles. The van der Waals surface area contributed by atoms with Crippen LogP contribution in [0.2, 0.25) is 10.0 Å². The van der Waals surface area contributed by atoms with Gasteiger partial charge in [-0.1, -0.05) is 29.3 Å². The van der Waals surface area contributed by atoms with Crippen LogP contribution in [0.1, 0.15) is 42.5 Å². The zero-order valence-corrected chi connectivity index (χ0v) is 19.2. The van der Waals surface area contributed by atoms with Gasteiger partial charge >= 0.3 is 0 Å². The second kappa shape index (κ2) is 9.15. The second-order valence-corrected chi connectivity index (χ2v) is 8.07. The summed E-state index contributed by atoms with van der Waals surface area (Å²) in [6, 6.07) is 7.63. The first kappa shape index (κ1) is 21.6. The molecule has 154 valence electrons. The van der Waals surface area contributed by atoms with Crippen molar-refractivity contribution in [1.82, 2.24) is 24.9 Å². The van der Waals surface area contributed by atoms with Crippen molar-refractivity contribution < 1.29 is 0 Å². The van der Waals surface area contributed by atoms with Gasteiger partial charge in [0, 0.05) is 12.7 Å². The Morgan fingerprint density at radius 3 is 2.62 bits per heavy atom. The fourth-order valence-corrected chi connectivity index (χ4v) is 3.84. The van der Waals surface area contributed by atoms with Crippen LogP contribution in [0.5, 0.6) is 0 Å². The van der Waals surface area contributed by atoms with E-state index in [0.717, 1.165) is 34.9 Å². The third kappa shape index (κ3) is 4.91. The maximum absolute atomic E-state index is 6.13. The minimum atomic E-state index is 0.0318. The molecule has 2 N–H and O–H groups in total. The maximum Gasteiger partial charge on any atom is 0.171 e. The molecule has 0 fully saturated rings. The molecule has 0 amide bonds. The zero-order valence-electron chi connectivity index (χ0n) is 16.8. The Kier molecular flexibility index (Phi) is 6.82. The highest BCUT2D eigenvalue weighted by Gasteiger charge is 2.16. The van der Waals surface area contributed by atoms with Crippen molar-refractivity contribution in [3.63, 3.8) is 0 Å². The lowest BCUT2D eigenvalue weighted by Gasteiger charge is -2.18. The number of hydrogen-bond donors (Lipinski definition) is 2. The molecule has 6 nitrogen and oxygen atoms in total. The Bertz CT molecular complexity index is 1030. The molecule has 1 atom stereocenters. The smallest absolute Gasteiger partial charge is 0.171 e. The van der Waals surface area contributed by atoms with Crippen molar-refractivity contribution in [3.05, 3.63) is 63.2 Å². The van der Waals surface area contributed by atoms with E-state index in [2.05, 4.69) is 34.7 Å². The average molecular weight is 451 g/mol. The number of aromatic nitrogens is 4. The quantitative estimate of drug-likeness (QED) is 0.510. The number of anilines is 1. The summed E-state index contributed by atoms with van der Waals surface area (Å²) in [5.41, 5.74) is 4.87.